The van der Waals surface area contributed by atoms with Crippen LogP contribution in [-0.2, 0) is 4.79 Å². The van der Waals surface area contributed by atoms with Gasteiger partial charge in [-0.15, -0.1) is 0 Å². The molecule has 0 aliphatic carbocycles. The zero-order chi connectivity index (χ0) is 13.2. The molecule has 0 bridgehead atoms. The van der Waals surface area contributed by atoms with Crippen molar-refractivity contribution in [3.05, 3.63) is 0 Å². The Morgan fingerprint density at radius 1 is 2.00 bits per heavy atom. The topological polar surface area (TPSA) is 37.3 Å². The summed E-state index contributed by atoms with van der Waals surface area (Å²) in [6.45, 7) is 0.677. The van der Waals surface area contributed by atoms with Gasteiger partial charge in [-0.1, -0.05) is 26.6 Å². The summed E-state index contributed by atoms with van der Waals surface area (Å²) in [7, 11) is 0. The molecule has 0 aromatic heterocycles. The van der Waals surface area contributed by atoms with Crippen LogP contribution in [0.5, 0.6) is 0 Å². The maximum atomic E-state index is 11.0. The average Bonchev–Trinajstić information content (AvgIpc) is 2.17. The minimum atomic E-state index is -2.91. The van der Waals surface area contributed by atoms with Crippen LogP contribution >= 0.6 is 0 Å². The van der Waals surface area contributed by atoms with Gasteiger partial charge in [-0.25, -0.2) is 0 Å². The summed E-state index contributed by atoms with van der Waals surface area (Å²) in [5.41, 5.74) is 0. The van der Waals surface area contributed by atoms with E-state index in [1.54, 1.807) is 6.92 Å². The lowest BCUT2D eigenvalue weighted by molar-refractivity contribution is -0.142. The van der Waals surface area contributed by atoms with E-state index in [9.17, 15) is 4.79 Å². The third-order valence-electron chi connectivity index (χ3n) is 0.997. The van der Waals surface area contributed by atoms with Gasteiger partial charge in [-0.2, -0.15) is 0 Å². The molecule has 0 fully saturated rings. The molecule has 0 heterocycles. The predicted octanol–water partition coefficient (Wildman–Crippen LogP) is 2.29. The zero-order valence-corrected chi connectivity index (χ0v) is 5.98. The molecule has 0 saturated carbocycles. The van der Waals surface area contributed by atoms with E-state index in [1.165, 1.54) is 0 Å². The largest absolute Gasteiger partial charge is 0.481 e. The van der Waals surface area contributed by atoms with Gasteiger partial charge in [-0.3, -0.25) is 4.79 Å². The lowest BCUT2D eigenvalue weighted by Gasteiger charge is -2.07. The van der Waals surface area contributed by atoms with Crippen LogP contribution in [0.25, 0.3) is 0 Å². The lowest BCUT2D eigenvalue weighted by atomic mass is 9.99. The molecule has 0 spiro atoms. The van der Waals surface area contributed by atoms with E-state index in [1.807, 2.05) is 0 Å². The van der Waals surface area contributed by atoms with E-state index >= 15 is 0 Å². The van der Waals surface area contributed by atoms with Gasteiger partial charge in [0.2, 0.25) is 0 Å². The maximum absolute atomic E-state index is 11.0. The van der Waals surface area contributed by atoms with Crippen molar-refractivity contribution in [1.82, 2.24) is 0 Å². The Morgan fingerprint density at radius 3 is 3.10 bits per heavy atom. The fourth-order valence-electron chi connectivity index (χ4n) is 0.580. The van der Waals surface area contributed by atoms with Gasteiger partial charge in [0.25, 0.3) is 0 Å². The second-order valence-corrected chi connectivity index (χ2v) is 1.84. The van der Waals surface area contributed by atoms with Crippen molar-refractivity contribution in [3.8, 4) is 0 Å². The summed E-state index contributed by atoms with van der Waals surface area (Å²) in [5, 5.41) is 8.90. The fraction of sp³-hybridized carbons (Fsp3) is 0.875. The predicted molar refractivity (Wildman–Crippen MR) is 40.9 cm³/mol. The second kappa shape index (κ2) is 5.27. The highest BCUT2D eigenvalue weighted by molar-refractivity contribution is 5.69. The summed E-state index contributed by atoms with van der Waals surface area (Å²) < 4.78 is 44.3. The maximum Gasteiger partial charge on any atom is 0.306 e. The quantitative estimate of drug-likeness (QED) is 0.653. The third-order valence-corrected chi connectivity index (χ3v) is 0.997. The highest BCUT2D eigenvalue weighted by Gasteiger charge is 2.13. The molecule has 0 saturated heterocycles. The van der Waals surface area contributed by atoms with E-state index in [2.05, 4.69) is 0 Å². The smallest absolute Gasteiger partial charge is 0.306 e. The van der Waals surface area contributed by atoms with Gasteiger partial charge in [0.05, 0.1) is 5.89 Å². The first-order chi connectivity index (χ1) is 7.06. The van der Waals surface area contributed by atoms with Crippen LogP contribution in [0.3, 0.4) is 0 Å². The number of rotatable bonds is 5. The Hall–Kier alpha value is -0.530. The standard InChI is InChI=1S/C8H16O2/c1-3-5-7(6-4-2)8(9)10/h7H,3-6H2,1-2H3,(H,9,10)/i1D,3D2,5D2,7D. The molecule has 0 aliphatic rings. The van der Waals surface area contributed by atoms with Crippen molar-refractivity contribution in [2.24, 2.45) is 5.89 Å². The molecular formula is C8H16O2. The van der Waals surface area contributed by atoms with Crippen LogP contribution in [0, 0.1) is 5.89 Å². The highest BCUT2D eigenvalue weighted by Crippen LogP contribution is 2.12. The third kappa shape index (κ3) is 3.49. The minimum absolute atomic E-state index is 0.253. The molecule has 0 aromatic rings. The van der Waals surface area contributed by atoms with Gasteiger partial charge >= 0.3 is 5.97 Å². The molecule has 0 radical (unpaired) electrons. The van der Waals surface area contributed by atoms with Crippen molar-refractivity contribution in [2.45, 2.75) is 39.4 Å². The minimum Gasteiger partial charge on any atom is -0.481 e. The lowest BCUT2D eigenvalue weighted by Crippen LogP contribution is -2.12. The Bertz CT molecular complexity index is 267. The molecule has 1 atom stereocenters. The van der Waals surface area contributed by atoms with Crippen molar-refractivity contribution in [1.29, 1.82) is 0 Å². The Kier molecular flexibility index (Phi) is 1.71. The van der Waals surface area contributed by atoms with E-state index < -0.39 is 31.5 Å². The number of hydrogen-bond donors (Lipinski definition) is 1. The number of carboxylic acids is 1. The Morgan fingerprint density at radius 2 is 2.70 bits per heavy atom. The van der Waals surface area contributed by atoms with Crippen LogP contribution in [0.1, 0.15) is 47.6 Å². The average molecular weight is 150 g/mol. The highest BCUT2D eigenvalue weighted by atomic mass is 16.4. The van der Waals surface area contributed by atoms with Crippen molar-refractivity contribution in [2.75, 3.05) is 0 Å². The summed E-state index contributed by atoms with van der Waals surface area (Å²) >= 11 is 0. The molecule has 1 unspecified atom stereocenters. The van der Waals surface area contributed by atoms with Crippen LogP contribution in [0.15, 0.2) is 0 Å². The second-order valence-electron chi connectivity index (χ2n) is 1.84. The van der Waals surface area contributed by atoms with Crippen LogP contribution in [0.2, 0.25) is 0 Å². The Balaban J connectivity index is 5.44. The number of carbonyl (C=O) groups is 1. The molecule has 1 N–H and O–H groups in total. The fourth-order valence-corrected chi connectivity index (χ4v) is 0.580. The summed E-state index contributed by atoms with van der Waals surface area (Å²) in [4.78, 5) is 11.0. The number of carboxylic acid groups (broad SMARTS) is 1. The normalized spacial score (nSPS) is 27.7. The van der Waals surface area contributed by atoms with Crippen LogP contribution < -0.4 is 0 Å². The molecule has 0 aromatic carbocycles. The van der Waals surface area contributed by atoms with Crippen molar-refractivity contribution >= 4 is 5.97 Å². The van der Waals surface area contributed by atoms with Crippen molar-refractivity contribution < 1.29 is 18.1 Å². The summed E-state index contributed by atoms with van der Waals surface area (Å²) in [5.74, 6) is -4.26. The molecule has 60 valence electrons. The molecule has 0 amide bonds. The molecule has 0 rings (SSSR count). The molecular weight excluding hydrogens is 128 g/mol. The monoisotopic (exact) mass is 150 g/mol. The first-order valence-electron chi connectivity index (χ1n) is 6.30. The zero-order valence-electron chi connectivity index (χ0n) is 12.0. The Labute approximate surface area is 70.7 Å². The van der Waals surface area contributed by atoms with Gasteiger partial charge < -0.3 is 5.11 Å². The SMILES string of the molecule is [2H]CC([2H])([2H])C([2H])([2H])C([2H])(CCC)C(=O)O. The molecule has 10 heavy (non-hydrogen) atoms. The first-order valence-corrected chi connectivity index (χ1v) is 3.09. The molecule has 2 heteroatoms. The first kappa shape index (κ1) is 3.24. The summed E-state index contributed by atoms with van der Waals surface area (Å²) in [6.07, 6.45) is -5.62. The summed E-state index contributed by atoms with van der Waals surface area (Å²) in [6, 6.07) is 0. The van der Waals surface area contributed by atoms with E-state index in [0.29, 0.717) is 0 Å². The molecule has 0 aliphatic heterocycles. The van der Waals surface area contributed by atoms with E-state index in [4.69, 9.17) is 13.3 Å². The van der Waals surface area contributed by atoms with Crippen LogP contribution in [0.4, 0.5) is 0 Å². The van der Waals surface area contributed by atoms with Gasteiger partial charge in [0.1, 0.15) is 0 Å². The number of hydrogen-bond acceptors (Lipinski definition) is 1. The number of aliphatic carboxylic acids is 1. The van der Waals surface area contributed by atoms with Gasteiger partial charge in [-0.05, 0) is 12.8 Å². The van der Waals surface area contributed by atoms with Gasteiger partial charge in [0, 0.05) is 8.22 Å². The van der Waals surface area contributed by atoms with Crippen LogP contribution in [-0.4, -0.2) is 11.1 Å². The van der Waals surface area contributed by atoms with E-state index in [-0.39, 0.29) is 12.8 Å². The molecule has 2 nitrogen and oxygen atoms in total. The van der Waals surface area contributed by atoms with E-state index in [0.717, 1.165) is 0 Å². The van der Waals surface area contributed by atoms with Gasteiger partial charge in [0.15, 0.2) is 0 Å². The van der Waals surface area contributed by atoms with Crippen molar-refractivity contribution in [3.63, 3.8) is 0 Å².